The van der Waals surface area contributed by atoms with Gasteiger partial charge >= 0.3 is 5.97 Å². The van der Waals surface area contributed by atoms with Crippen LogP contribution in [-0.4, -0.2) is 12.7 Å². The molecule has 0 unspecified atom stereocenters. The van der Waals surface area contributed by atoms with Crippen LogP contribution in [0.25, 0.3) is 0 Å². The number of esters is 1. The first-order valence-electron chi connectivity index (χ1n) is 5.55. The predicted octanol–water partition coefficient (Wildman–Crippen LogP) is 3.09. The fraction of sp³-hybridized carbons (Fsp3) is 0.0714. The maximum absolute atomic E-state index is 13.3. The van der Waals surface area contributed by atoms with Gasteiger partial charge in [-0.3, -0.25) is 0 Å². The van der Waals surface area contributed by atoms with Crippen LogP contribution in [0.15, 0.2) is 48.5 Å². The van der Waals surface area contributed by atoms with E-state index in [9.17, 15) is 9.18 Å². The smallest absolute Gasteiger partial charge is 0.342 e. The molecule has 2 aromatic carbocycles. The molecule has 0 bridgehead atoms. The van der Waals surface area contributed by atoms with Gasteiger partial charge in [0.05, 0.1) is 11.3 Å². The molecule has 0 saturated carbocycles. The first-order chi connectivity index (χ1) is 8.75. The average Bonchev–Trinajstić information content (AvgIpc) is 2.40. The van der Waals surface area contributed by atoms with E-state index in [0.29, 0.717) is 11.3 Å². The van der Waals surface area contributed by atoms with Gasteiger partial charge in [-0.1, -0.05) is 18.2 Å². The number of anilines is 2. The van der Waals surface area contributed by atoms with Crippen LogP contribution in [0.2, 0.25) is 0 Å². The molecule has 1 aliphatic rings. The average molecular weight is 243 g/mol. The number of cyclic esters (lactones) is 1. The lowest BCUT2D eigenvalue weighted by atomic mass is 10.1. The van der Waals surface area contributed by atoms with Gasteiger partial charge in [-0.15, -0.1) is 0 Å². The Labute approximate surface area is 103 Å². The molecule has 0 amide bonds. The highest BCUT2D eigenvalue weighted by atomic mass is 19.1. The Balaban J connectivity index is 2.13. The Hall–Kier alpha value is -2.36. The standard InChI is InChI=1S/C14H10FNO2/c15-10-6-7-12-13(8-10)16(9-18-14(12)17)11-4-2-1-3-5-11/h1-8H,9H2. The second-order valence-corrected chi connectivity index (χ2v) is 3.99. The lowest BCUT2D eigenvalue weighted by molar-refractivity contribution is 0.0493. The molecule has 0 spiro atoms. The summed E-state index contributed by atoms with van der Waals surface area (Å²) in [6.45, 7) is 0.0965. The summed E-state index contributed by atoms with van der Waals surface area (Å²) in [6.07, 6.45) is 0. The van der Waals surface area contributed by atoms with Crippen LogP contribution in [0, 0.1) is 5.82 Å². The van der Waals surface area contributed by atoms with Gasteiger partial charge in [0.2, 0.25) is 0 Å². The van der Waals surface area contributed by atoms with Crippen LogP contribution in [0.4, 0.5) is 15.8 Å². The van der Waals surface area contributed by atoms with Crippen molar-refractivity contribution in [2.24, 2.45) is 0 Å². The Morgan fingerprint density at radius 3 is 2.67 bits per heavy atom. The van der Waals surface area contributed by atoms with Gasteiger partial charge in [-0.2, -0.15) is 0 Å². The zero-order chi connectivity index (χ0) is 12.5. The summed E-state index contributed by atoms with van der Waals surface area (Å²) in [5.41, 5.74) is 1.78. The second-order valence-electron chi connectivity index (χ2n) is 3.99. The van der Waals surface area contributed by atoms with E-state index in [0.717, 1.165) is 5.69 Å². The van der Waals surface area contributed by atoms with Gasteiger partial charge in [0, 0.05) is 5.69 Å². The van der Waals surface area contributed by atoms with Gasteiger partial charge in [0.1, 0.15) is 5.82 Å². The maximum Gasteiger partial charge on any atom is 0.342 e. The minimum Gasteiger partial charge on any atom is -0.440 e. The molecule has 0 aromatic heterocycles. The lowest BCUT2D eigenvalue weighted by Crippen LogP contribution is -2.30. The lowest BCUT2D eigenvalue weighted by Gasteiger charge is -2.30. The summed E-state index contributed by atoms with van der Waals surface area (Å²) in [4.78, 5) is 13.4. The highest BCUT2D eigenvalue weighted by molar-refractivity contribution is 5.98. The maximum atomic E-state index is 13.3. The molecule has 0 fully saturated rings. The van der Waals surface area contributed by atoms with Gasteiger partial charge in [0.15, 0.2) is 6.73 Å². The number of halogens is 1. The van der Waals surface area contributed by atoms with Crippen molar-refractivity contribution in [2.45, 2.75) is 0 Å². The Morgan fingerprint density at radius 1 is 1.11 bits per heavy atom. The molecular formula is C14H10FNO2. The number of fused-ring (bicyclic) bond motifs is 1. The van der Waals surface area contributed by atoms with Gasteiger partial charge in [-0.05, 0) is 30.3 Å². The van der Waals surface area contributed by atoms with E-state index in [4.69, 9.17) is 4.74 Å². The van der Waals surface area contributed by atoms with Crippen molar-refractivity contribution in [1.29, 1.82) is 0 Å². The predicted molar refractivity (Wildman–Crippen MR) is 65.3 cm³/mol. The quantitative estimate of drug-likeness (QED) is 0.721. The zero-order valence-corrected chi connectivity index (χ0v) is 9.47. The number of carbonyl (C=O) groups excluding carboxylic acids is 1. The Morgan fingerprint density at radius 2 is 1.89 bits per heavy atom. The summed E-state index contributed by atoms with van der Waals surface area (Å²) < 4.78 is 18.4. The third-order valence-corrected chi connectivity index (χ3v) is 2.86. The van der Waals surface area contributed by atoms with E-state index in [2.05, 4.69) is 0 Å². The van der Waals surface area contributed by atoms with Gasteiger partial charge in [-0.25, -0.2) is 9.18 Å². The van der Waals surface area contributed by atoms with Crippen LogP contribution in [-0.2, 0) is 4.74 Å². The molecular weight excluding hydrogens is 233 g/mol. The highest BCUT2D eigenvalue weighted by Gasteiger charge is 2.25. The Kier molecular flexibility index (Phi) is 2.48. The largest absolute Gasteiger partial charge is 0.440 e. The summed E-state index contributed by atoms with van der Waals surface area (Å²) >= 11 is 0. The summed E-state index contributed by atoms with van der Waals surface area (Å²) in [5, 5.41) is 0. The van der Waals surface area contributed by atoms with Crippen LogP contribution < -0.4 is 4.90 Å². The van der Waals surface area contributed by atoms with Crippen molar-refractivity contribution in [3.8, 4) is 0 Å². The number of ether oxygens (including phenoxy) is 1. The highest BCUT2D eigenvalue weighted by Crippen LogP contribution is 2.32. The molecule has 0 N–H and O–H groups in total. The van der Waals surface area contributed by atoms with E-state index >= 15 is 0 Å². The topological polar surface area (TPSA) is 29.5 Å². The molecule has 0 radical (unpaired) electrons. The van der Waals surface area contributed by atoms with Gasteiger partial charge in [0.25, 0.3) is 0 Å². The molecule has 1 heterocycles. The number of hydrogen-bond donors (Lipinski definition) is 0. The van der Waals surface area contributed by atoms with Crippen molar-refractivity contribution < 1.29 is 13.9 Å². The molecule has 18 heavy (non-hydrogen) atoms. The fourth-order valence-corrected chi connectivity index (χ4v) is 1.99. The number of benzene rings is 2. The summed E-state index contributed by atoms with van der Waals surface area (Å²) in [6, 6.07) is 13.5. The van der Waals surface area contributed by atoms with Gasteiger partial charge < -0.3 is 9.64 Å². The van der Waals surface area contributed by atoms with E-state index in [1.165, 1.54) is 18.2 Å². The fourth-order valence-electron chi connectivity index (χ4n) is 1.99. The number of hydrogen-bond acceptors (Lipinski definition) is 3. The number of rotatable bonds is 1. The summed E-state index contributed by atoms with van der Waals surface area (Å²) in [7, 11) is 0. The second kappa shape index (κ2) is 4.14. The minimum absolute atomic E-state index is 0.0965. The van der Waals surface area contributed by atoms with Crippen molar-refractivity contribution >= 4 is 17.3 Å². The third-order valence-electron chi connectivity index (χ3n) is 2.86. The van der Waals surface area contributed by atoms with Crippen molar-refractivity contribution in [3.05, 3.63) is 59.9 Å². The molecule has 2 aromatic rings. The van der Waals surface area contributed by atoms with Crippen molar-refractivity contribution in [1.82, 2.24) is 0 Å². The normalized spacial score (nSPS) is 14.1. The van der Waals surface area contributed by atoms with Crippen LogP contribution in [0.1, 0.15) is 10.4 Å². The molecule has 0 aliphatic carbocycles. The first kappa shape index (κ1) is 10.8. The van der Waals surface area contributed by atoms with Crippen LogP contribution in [0.3, 0.4) is 0 Å². The number of para-hydroxylation sites is 1. The molecule has 3 rings (SSSR count). The first-order valence-corrected chi connectivity index (χ1v) is 5.55. The van der Waals surface area contributed by atoms with E-state index in [1.807, 2.05) is 30.3 Å². The molecule has 0 atom stereocenters. The van der Waals surface area contributed by atoms with E-state index in [1.54, 1.807) is 4.90 Å². The Bertz CT molecular complexity index is 598. The molecule has 4 heteroatoms. The molecule has 0 saturated heterocycles. The third kappa shape index (κ3) is 1.72. The number of carbonyl (C=O) groups is 1. The SMILES string of the molecule is O=C1OCN(c2ccccc2)c2cc(F)ccc21. The zero-order valence-electron chi connectivity index (χ0n) is 9.47. The van der Waals surface area contributed by atoms with E-state index in [-0.39, 0.29) is 12.5 Å². The molecule has 3 nitrogen and oxygen atoms in total. The number of nitrogens with zero attached hydrogens (tertiary/aromatic N) is 1. The van der Waals surface area contributed by atoms with Crippen LogP contribution >= 0.6 is 0 Å². The van der Waals surface area contributed by atoms with Crippen LogP contribution in [0.5, 0.6) is 0 Å². The minimum atomic E-state index is -0.419. The summed E-state index contributed by atoms with van der Waals surface area (Å²) in [5.74, 6) is -0.790. The van der Waals surface area contributed by atoms with Crippen molar-refractivity contribution in [3.63, 3.8) is 0 Å². The van der Waals surface area contributed by atoms with E-state index < -0.39 is 5.97 Å². The molecule has 90 valence electrons. The molecule has 1 aliphatic heterocycles. The van der Waals surface area contributed by atoms with Crippen molar-refractivity contribution in [2.75, 3.05) is 11.6 Å². The monoisotopic (exact) mass is 243 g/mol.